The summed E-state index contributed by atoms with van der Waals surface area (Å²) in [4.78, 5) is 25.6. The third-order valence-corrected chi connectivity index (χ3v) is 5.39. The standard InChI is InChI=1S/C20H17NO4/c22-19-18-9-12(25-19)10-21(18)20(23)24-11-17-15-7-3-1-5-13(15)14-6-2-4-8-16(14)17/h1-8,12,17-18H,9-11H2/t12-,18-/m1/s1. The number of carbonyl (C=O) groups excluding carboxylic acids is 2. The van der Waals surface area contributed by atoms with Crippen molar-refractivity contribution in [1.82, 2.24) is 4.90 Å². The molecule has 2 heterocycles. The van der Waals surface area contributed by atoms with Gasteiger partial charge in [-0.2, -0.15) is 0 Å². The van der Waals surface area contributed by atoms with Crippen molar-refractivity contribution < 1.29 is 19.1 Å². The molecule has 0 radical (unpaired) electrons. The monoisotopic (exact) mass is 335 g/mol. The Labute approximate surface area is 145 Å². The molecule has 2 bridgehead atoms. The summed E-state index contributed by atoms with van der Waals surface area (Å²) in [5, 5.41) is 0. The average Bonchev–Trinajstić information content (AvgIpc) is 3.30. The Morgan fingerprint density at radius 2 is 1.72 bits per heavy atom. The van der Waals surface area contributed by atoms with Crippen molar-refractivity contribution in [2.75, 3.05) is 13.2 Å². The number of likely N-dealkylation sites (tertiary alicyclic amines) is 1. The fraction of sp³-hybridized carbons (Fsp3) is 0.300. The molecule has 2 fully saturated rings. The van der Waals surface area contributed by atoms with E-state index in [0.29, 0.717) is 13.0 Å². The van der Waals surface area contributed by atoms with Crippen LogP contribution in [-0.4, -0.2) is 42.3 Å². The predicted octanol–water partition coefficient (Wildman–Crippen LogP) is 2.94. The van der Waals surface area contributed by atoms with Crippen LogP contribution in [0.15, 0.2) is 48.5 Å². The van der Waals surface area contributed by atoms with Crippen LogP contribution in [0.2, 0.25) is 0 Å². The maximum atomic E-state index is 12.5. The molecule has 0 spiro atoms. The van der Waals surface area contributed by atoms with E-state index < -0.39 is 12.1 Å². The van der Waals surface area contributed by atoms with Gasteiger partial charge >= 0.3 is 12.1 Å². The average molecular weight is 335 g/mol. The number of fused-ring (bicyclic) bond motifs is 5. The molecule has 25 heavy (non-hydrogen) atoms. The van der Waals surface area contributed by atoms with Crippen molar-refractivity contribution >= 4 is 12.1 Å². The lowest BCUT2D eigenvalue weighted by atomic mass is 9.98. The summed E-state index contributed by atoms with van der Waals surface area (Å²) in [6.07, 6.45) is -0.00719. The Bertz CT molecular complexity index is 832. The maximum Gasteiger partial charge on any atom is 0.410 e. The van der Waals surface area contributed by atoms with Crippen molar-refractivity contribution in [3.63, 3.8) is 0 Å². The van der Waals surface area contributed by atoms with Crippen LogP contribution < -0.4 is 0 Å². The SMILES string of the molecule is O=C1O[C@@H]2C[C@H]1N(C(=O)OCC1c3ccccc3-c3ccccc31)C2. The Kier molecular flexibility index (Phi) is 3.10. The molecule has 2 atom stereocenters. The highest BCUT2D eigenvalue weighted by Gasteiger charge is 2.49. The van der Waals surface area contributed by atoms with Crippen LogP contribution in [-0.2, 0) is 14.3 Å². The zero-order valence-corrected chi connectivity index (χ0v) is 13.6. The molecular formula is C20H17NO4. The maximum absolute atomic E-state index is 12.5. The van der Waals surface area contributed by atoms with E-state index in [1.807, 2.05) is 24.3 Å². The Morgan fingerprint density at radius 3 is 2.32 bits per heavy atom. The highest BCUT2D eigenvalue weighted by atomic mass is 16.6. The number of benzene rings is 2. The molecule has 1 amide bonds. The van der Waals surface area contributed by atoms with Crippen LogP contribution in [0.3, 0.4) is 0 Å². The molecule has 1 aliphatic carbocycles. The van der Waals surface area contributed by atoms with Gasteiger partial charge in [-0.05, 0) is 22.3 Å². The lowest BCUT2D eigenvalue weighted by molar-refractivity contribution is -0.150. The van der Waals surface area contributed by atoms with E-state index in [-0.39, 0.29) is 24.6 Å². The molecule has 2 aromatic rings. The van der Waals surface area contributed by atoms with Crippen molar-refractivity contribution in [3.8, 4) is 11.1 Å². The van der Waals surface area contributed by atoms with Gasteiger partial charge in [0.2, 0.25) is 0 Å². The van der Waals surface area contributed by atoms with Gasteiger partial charge in [-0.15, -0.1) is 0 Å². The van der Waals surface area contributed by atoms with E-state index in [1.165, 1.54) is 27.2 Å². The molecule has 5 heteroatoms. The van der Waals surface area contributed by atoms with Gasteiger partial charge in [0.1, 0.15) is 18.8 Å². The topological polar surface area (TPSA) is 55.8 Å². The molecule has 0 aromatic heterocycles. The summed E-state index contributed by atoms with van der Waals surface area (Å²) in [5.41, 5.74) is 4.75. The van der Waals surface area contributed by atoms with Gasteiger partial charge in [-0.3, -0.25) is 4.90 Å². The largest absolute Gasteiger partial charge is 0.459 e. The fourth-order valence-corrected chi connectivity index (χ4v) is 4.23. The van der Waals surface area contributed by atoms with Gasteiger partial charge in [0, 0.05) is 12.3 Å². The number of carbonyl (C=O) groups is 2. The number of rotatable bonds is 2. The molecule has 5 nitrogen and oxygen atoms in total. The van der Waals surface area contributed by atoms with E-state index in [4.69, 9.17) is 9.47 Å². The van der Waals surface area contributed by atoms with Gasteiger partial charge in [0.25, 0.3) is 0 Å². The minimum absolute atomic E-state index is 0.0306. The number of esters is 1. The Hall–Kier alpha value is -2.82. The summed E-state index contributed by atoms with van der Waals surface area (Å²) in [7, 11) is 0. The van der Waals surface area contributed by atoms with Gasteiger partial charge in [0.15, 0.2) is 0 Å². The van der Waals surface area contributed by atoms with Crippen LogP contribution in [0.5, 0.6) is 0 Å². The molecule has 3 aliphatic rings. The first-order valence-corrected chi connectivity index (χ1v) is 8.54. The third kappa shape index (κ3) is 2.15. The van der Waals surface area contributed by atoms with E-state index in [9.17, 15) is 9.59 Å². The van der Waals surface area contributed by atoms with Crippen molar-refractivity contribution in [2.45, 2.75) is 24.5 Å². The normalized spacial score (nSPS) is 23.4. The predicted molar refractivity (Wildman–Crippen MR) is 90.1 cm³/mol. The van der Waals surface area contributed by atoms with Crippen LogP contribution >= 0.6 is 0 Å². The highest BCUT2D eigenvalue weighted by molar-refractivity contribution is 5.85. The van der Waals surface area contributed by atoms with Gasteiger partial charge in [-0.1, -0.05) is 48.5 Å². The Balaban J connectivity index is 1.36. The van der Waals surface area contributed by atoms with Crippen molar-refractivity contribution in [3.05, 3.63) is 59.7 Å². The second-order valence-electron chi connectivity index (χ2n) is 6.77. The number of morpholine rings is 1. The lowest BCUT2D eigenvalue weighted by Gasteiger charge is -2.25. The number of nitrogens with zero attached hydrogens (tertiary/aromatic N) is 1. The van der Waals surface area contributed by atoms with Crippen LogP contribution in [0, 0.1) is 0 Å². The first-order chi connectivity index (χ1) is 12.2. The summed E-state index contributed by atoms with van der Waals surface area (Å²) < 4.78 is 10.7. The van der Waals surface area contributed by atoms with E-state index >= 15 is 0 Å². The second-order valence-corrected chi connectivity index (χ2v) is 6.77. The number of hydrogen-bond donors (Lipinski definition) is 0. The summed E-state index contributed by atoms with van der Waals surface area (Å²) in [5.74, 6) is -0.284. The van der Waals surface area contributed by atoms with E-state index in [2.05, 4.69) is 24.3 Å². The van der Waals surface area contributed by atoms with Gasteiger partial charge in [-0.25, -0.2) is 9.59 Å². The van der Waals surface area contributed by atoms with Crippen molar-refractivity contribution in [2.24, 2.45) is 0 Å². The number of ether oxygens (including phenoxy) is 2. The molecule has 126 valence electrons. The molecule has 0 N–H and O–H groups in total. The molecule has 2 aromatic carbocycles. The van der Waals surface area contributed by atoms with Crippen LogP contribution in [0.25, 0.3) is 11.1 Å². The molecule has 0 unspecified atom stereocenters. The van der Waals surface area contributed by atoms with E-state index in [1.54, 1.807) is 0 Å². The second kappa shape index (κ2) is 5.34. The smallest absolute Gasteiger partial charge is 0.410 e. The highest BCUT2D eigenvalue weighted by Crippen LogP contribution is 2.44. The lowest BCUT2D eigenvalue weighted by Crippen LogP contribution is -2.44. The van der Waals surface area contributed by atoms with Crippen molar-refractivity contribution in [1.29, 1.82) is 0 Å². The third-order valence-electron chi connectivity index (χ3n) is 5.39. The minimum atomic E-state index is -0.472. The molecule has 2 aliphatic heterocycles. The zero-order chi connectivity index (χ0) is 17.0. The fourth-order valence-electron chi connectivity index (χ4n) is 4.23. The Morgan fingerprint density at radius 1 is 1.08 bits per heavy atom. The zero-order valence-electron chi connectivity index (χ0n) is 13.6. The summed E-state index contributed by atoms with van der Waals surface area (Å²) >= 11 is 0. The number of amides is 1. The van der Waals surface area contributed by atoms with Crippen LogP contribution in [0.1, 0.15) is 23.5 Å². The van der Waals surface area contributed by atoms with Crippen LogP contribution in [0.4, 0.5) is 4.79 Å². The molecule has 2 saturated heterocycles. The number of hydrogen-bond acceptors (Lipinski definition) is 4. The van der Waals surface area contributed by atoms with E-state index in [0.717, 1.165) is 0 Å². The minimum Gasteiger partial charge on any atom is -0.459 e. The first kappa shape index (κ1) is 14.5. The summed E-state index contributed by atoms with van der Waals surface area (Å²) in [6.45, 7) is 0.711. The van der Waals surface area contributed by atoms with Gasteiger partial charge in [0.05, 0.1) is 6.54 Å². The molecule has 0 saturated carbocycles. The quantitative estimate of drug-likeness (QED) is 0.792. The molecule has 5 rings (SSSR count). The summed E-state index contributed by atoms with van der Waals surface area (Å²) in [6, 6.07) is 16.0. The molecular weight excluding hydrogens is 318 g/mol. The first-order valence-electron chi connectivity index (χ1n) is 8.54. The van der Waals surface area contributed by atoms with Gasteiger partial charge < -0.3 is 9.47 Å².